The molecule has 21 heavy (non-hydrogen) atoms. The lowest BCUT2D eigenvalue weighted by molar-refractivity contribution is -0.144. The normalized spacial score (nSPS) is 19.0. The van der Waals surface area contributed by atoms with E-state index in [0.717, 1.165) is 32.1 Å². The van der Waals surface area contributed by atoms with E-state index in [1.165, 1.54) is 0 Å². The number of hydrogen-bond acceptors (Lipinski definition) is 2. The Hall–Kier alpha value is -1.06. The molecule has 3 N–H and O–H groups in total. The summed E-state index contributed by atoms with van der Waals surface area (Å²) in [5, 5.41) is 2.72. The van der Waals surface area contributed by atoms with Crippen molar-refractivity contribution in [3.8, 4) is 0 Å². The summed E-state index contributed by atoms with van der Waals surface area (Å²) in [5.41, 5.74) is 5.05. The van der Waals surface area contributed by atoms with Gasteiger partial charge in [-0.2, -0.15) is 0 Å². The zero-order valence-electron chi connectivity index (χ0n) is 14.7. The second-order valence-electron chi connectivity index (χ2n) is 7.01. The molecule has 124 valence electrons. The highest BCUT2D eigenvalue weighted by Gasteiger charge is 2.48. The van der Waals surface area contributed by atoms with Crippen LogP contribution in [0, 0.1) is 16.7 Å². The maximum Gasteiger partial charge on any atom is 0.224 e. The van der Waals surface area contributed by atoms with Gasteiger partial charge in [-0.25, -0.2) is 0 Å². The van der Waals surface area contributed by atoms with Gasteiger partial charge in [0, 0.05) is 7.05 Å². The summed E-state index contributed by atoms with van der Waals surface area (Å²) in [6.07, 6.45) is 5.29. The van der Waals surface area contributed by atoms with E-state index in [1.807, 2.05) is 13.8 Å². The van der Waals surface area contributed by atoms with Crippen LogP contribution in [0.1, 0.15) is 73.1 Å². The fourth-order valence-corrected chi connectivity index (χ4v) is 3.27. The summed E-state index contributed by atoms with van der Waals surface area (Å²) in [4.78, 5) is 24.3. The molecule has 0 saturated heterocycles. The number of amides is 2. The molecule has 0 unspecified atom stereocenters. The van der Waals surface area contributed by atoms with Crippen molar-refractivity contribution in [2.45, 2.75) is 73.1 Å². The minimum Gasteiger partial charge on any atom is -0.369 e. The number of carbonyl (C=O) groups is 2. The van der Waals surface area contributed by atoms with Crippen LogP contribution in [0.4, 0.5) is 0 Å². The van der Waals surface area contributed by atoms with Crippen molar-refractivity contribution >= 4 is 11.8 Å². The van der Waals surface area contributed by atoms with E-state index < -0.39 is 5.41 Å². The van der Waals surface area contributed by atoms with Crippen LogP contribution in [0.2, 0.25) is 0 Å². The molecule has 1 aliphatic carbocycles. The molecule has 2 amide bonds. The van der Waals surface area contributed by atoms with Gasteiger partial charge in [0.05, 0.1) is 11.3 Å². The first kappa shape index (κ1) is 19.9. The molecule has 0 heterocycles. The van der Waals surface area contributed by atoms with Crippen LogP contribution in [0.3, 0.4) is 0 Å². The molecule has 0 radical (unpaired) electrons. The minimum absolute atomic E-state index is 0.00290. The number of nitrogens with two attached hydrogens (primary N) is 1. The van der Waals surface area contributed by atoms with Crippen LogP contribution in [-0.2, 0) is 9.59 Å². The van der Waals surface area contributed by atoms with Crippen LogP contribution < -0.4 is 11.1 Å². The van der Waals surface area contributed by atoms with Gasteiger partial charge in [-0.3, -0.25) is 9.59 Å². The number of rotatable bonds is 4. The van der Waals surface area contributed by atoms with Crippen molar-refractivity contribution in [1.29, 1.82) is 0 Å². The van der Waals surface area contributed by atoms with E-state index in [4.69, 9.17) is 5.73 Å². The van der Waals surface area contributed by atoms with Gasteiger partial charge < -0.3 is 11.1 Å². The summed E-state index contributed by atoms with van der Waals surface area (Å²) < 4.78 is 0. The van der Waals surface area contributed by atoms with Crippen LogP contribution in [-0.4, -0.2) is 18.9 Å². The second kappa shape index (κ2) is 8.40. The summed E-state index contributed by atoms with van der Waals surface area (Å²) in [6, 6.07) is 0. The SMILES string of the molecule is CC.CNC(=O)[C@H](CC(C)(C)C)C1(C(N)=O)CCCCC1. The topological polar surface area (TPSA) is 72.2 Å². The number of hydrogen-bond donors (Lipinski definition) is 2. The largest absolute Gasteiger partial charge is 0.369 e. The third-order valence-electron chi connectivity index (χ3n) is 4.28. The lowest BCUT2D eigenvalue weighted by Crippen LogP contribution is -2.51. The molecular formula is C17H34N2O2. The molecule has 0 spiro atoms. The molecule has 4 nitrogen and oxygen atoms in total. The molecule has 1 rings (SSSR count). The Morgan fingerprint density at radius 3 is 1.95 bits per heavy atom. The van der Waals surface area contributed by atoms with Gasteiger partial charge >= 0.3 is 0 Å². The van der Waals surface area contributed by atoms with Crippen molar-refractivity contribution in [1.82, 2.24) is 5.32 Å². The van der Waals surface area contributed by atoms with Gasteiger partial charge in [0.25, 0.3) is 0 Å². The van der Waals surface area contributed by atoms with Crippen molar-refractivity contribution < 1.29 is 9.59 Å². The van der Waals surface area contributed by atoms with E-state index in [0.29, 0.717) is 6.42 Å². The lowest BCUT2D eigenvalue weighted by Gasteiger charge is -2.42. The third-order valence-corrected chi connectivity index (χ3v) is 4.28. The predicted octanol–water partition coefficient (Wildman–Crippen LogP) is 3.25. The zero-order valence-corrected chi connectivity index (χ0v) is 14.7. The monoisotopic (exact) mass is 298 g/mol. The number of nitrogens with one attached hydrogen (secondary N) is 1. The molecule has 0 aromatic carbocycles. The Labute approximate surface area is 130 Å². The summed E-state index contributed by atoms with van der Waals surface area (Å²) in [6.45, 7) is 10.3. The Kier molecular flexibility index (Phi) is 7.98. The van der Waals surface area contributed by atoms with Gasteiger partial charge in [0.15, 0.2) is 0 Å². The summed E-state index contributed by atoms with van der Waals surface area (Å²) in [5.74, 6) is -0.657. The highest BCUT2D eigenvalue weighted by molar-refractivity contribution is 5.89. The molecule has 0 aromatic heterocycles. The van der Waals surface area contributed by atoms with E-state index in [2.05, 4.69) is 26.1 Å². The number of primary amides is 1. The smallest absolute Gasteiger partial charge is 0.224 e. The van der Waals surface area contributed by atoms with E-state index >= 15 is 0 Å². The van der Waals surface area contributed by atoms with Gasteiger partial charge in [-0.05, 0) is 24.7 Å². The second-order valence-corrected chi connectivity index (χ2v) is 7.01. The Morgan fingerprint density at radius 1 is 1.14 bits per heavy atom. The maximum atomic E-state index is 12.3. The van der Waals surface area contributed by atoms with E-state index in [9.17, 15) is 9.59 Å². The fraction of sp³-hybridized carbons (Fsp3) is 0.882. The number of carbonyl (C=O) groups excluding carboxylic acids is 2. The molecule has 0 bridgehead atoms. The van der Waals surface area contributed by atoms with Gasteiger partial charge in [0.1, 0.15) is 0 Å². The standard InChI is InChI=1S/C15H28N2O2.C2H6/c1-14(2,3)10-11(12(18)17-4)15(13(16)19)8-6-5-7-9-15;1-2/h11H,5-10H2,1-4H3,(H2,16,19)(H,17,18);1-2H3/t11-;/m0./s1. The molecule has 0 aromatic rings. The van der Waals surface area contributed by atoms with Crippen molar-refractivity contribution in [2.75, 3.05) is 7.05 Å². The minimum atomic E-state index is -0.647. The molecule has 1 atom stereocenters. The van der Waals surface area contributed by atoms with Crippen molar-refractivity contribution in [2.24, 2.45) is 22.5 Å². The molecule has 1 fully saturated rings. The predicted molar refractivity (Wildman–Crippen MR) is 87.7 cm³/mol. The van der Waals surface area contributed by atoms with Crippen LogP contribution in [0.15, 0.2) is 0 Å². The average molecular weight is 298 g/mol. The van der Waals surface area contributed by atoms with E-state index in [-0.39, 0.29) is 23.1 Å². The lowest BCUT2D eigenvalue weighted by atomic mass is 9.61. The quantitative estimate of drug-likeness (QED) is 0.836. The fourth-order valence-electron chi connectivity index (χ4n) is 3.27. The zero-order chi connectivity index (χ0) is 16.7. The highest BCUT2D eigenvalue weighted by atomic mass is 16.2. The molecule has 1 aliphatic rings. The van der Waals surface area contributed by atoms with Crippen molar-refractivity contribution in [3.05, 3.63) is 0 Å². The molecule has 4 heteroatoms. The van der Waals surface area contributed by atoms with Crippen molar-refractivity contribution in [3.63, 3.8) is 0 Å². The molecule has 1 saturated carbocycles. The highest BCUT2D eigenvalue weighted by Crippen LogP contribution is 2.46. The first-order valence-corrected chi connectivity index (χ1v) is 8.24. The third kappa shape index (κ3) is 5.33. The van der Waals surface area contributed by atoms with Crippen LogP contribution >= 0.6 is 0 Å². The summed E-state index contributed by atoms with van der Waals surface area (Å²) in [7, 11) is 1.63. The summed E-state index contributed by atoms with van der Waals surface area (Å²) >= 11 is 0. The Balaban J connectivity index is 0.00000191. The van der Waals surface area contributed by atoms with E-state index in [1.54, 1.807) is 7.05 Å². The Bertz CT molecular complexity index is 339. The average Bonchev–Trinajstić information content (AvgIpc) is 2.45. The maximum absolute atomic E-state index is 12.3. The first-order chi connectivity index (χ1) is 9.73. The molecule has 0 aliphatic heterocycles. The van der Waals surface area contributed by atoms with Crippen LogP contribution in [0.5, 0.6) is 0 Å². The first-order valence-electron chi connectivity index (χ1n) is 8.24. The molecular weight excluding hydrogens is 264 g/mol. The Morgan fingerprint density at radius 2 is 1.62 bits per heavy atom. The van der Waals surface area contributed by atoms with Gasteiger partial charge in [-0.15, -0.1) is 0 Å². The van der Waals surface area contributed by atoms with Gasteiger partial charge in [0.2, 0.25) is 11.8 Å². The van der Waals surface area contributed by atoms with Crippen LogP contribution in [0.25, 0.3) is 0 Å². The van der Waals surface area contributed by atoms with Gasteiger partial charge in [-0.1, -0.05) is 53.9 Å².